The van der Waals surface area contributed by atoms with Crippen molar-refractivity contribution in [3.63, 3.8) is 0 Å². The Bertz CT molecular complexity index is 1010. The average Bonchev–Trinajstić information content (AvgIpc) is 3.10. The quantitative estimate of drug-likeness (QED) is 0.265. The summed E-state index contributed by atoms with van der Waals surface area (Å²) in [5.74, 6) is 0. The Kier molecular flexibility index (Phi) is 6.73. The average molecular weight is 492 g/mol. The van der Waals surface area contributed by atoms with E-state index in [4.69, 9.17) is 0 Å². The Balaban J connectivity index is 0.000000751. The van der Waals surface area contributed by atoms with Crippen LogP contribution >= 0.6 is 0 Å². The van der Waals surface area contributed by atoms with Crippen molar-refractivity contribution in [3.8, 4) is 16.9 Å². The number of hydrogen-bond acceptors (Lipinski definition) is 0. The molecule has 0 unspecified atom stereocenters. The van der Waals surface area contributed by atoms with Gasteiger partial charge in [0, 0.05) is 16.8 Å². The van der Waals surface area contributed by atoms with Gasteiger partial charge in [-0.05, 0) is 30.2 Å². The fraction of sp³-hybridized carbons (Fsp3) is 0.0476. The van der Waals surface area contributed by atoms with E-state index >= 15 is 0 Å². The van der Waals surface area contributed by atoms with Crippen molar-refractivity contribution in [3.05, 3.63) is 90.0 Å². The molecule has 1 nitrogen and oxygen atoms in total. The summed E-state index contributed by atoms with van der Waals surface area (Å²) in [5, 5.41) is 1.35. The van der Waals surface area contributed by atoms with Gasteiger partial charge in [0.1, 0.15) is 0 Å². The second kappa shape index (κ2) is 8.23. The zero-order valence-corrected chi connectivity index (χ0v) is 18.6. The smallest absolute Gasteiger partial charge is 1.00 e. The molecule has 4 aromatic rings. The summed E-state index contributed by atoms with van der Waals surface area (Å²) < 4.78 is 2.39. The molecular formula is C21H14Cl2NPr. The Morgan fingerprint density at radius 1 is 0.800 bits per heavy atom. The third-order valence-corrected chi connectivity index (χ3v) is 4.54. The van der Waals surface area contributed by atoms with Gasteiger partial charge in [0.15, 0.2) is 0 Å². The van der Waals surface area contributed by atoms with Gasteiger partial charge >= 0.3 is 41.3 Å². The largest absolute Gasteiger partial charge is 3.00 e. The summed E-state index contributed by atoms with van der Waals surface area (Å²) >= 11 is 0. The Hall–Kier alpha value is -0.856. The number of fused-ring (bicyclic) bond motifs is 5. The summed E-state index contributed by atoms with van der Waals surface area (Å²) in [6, 6.07) is 29.1. The summed E-state index contributed by atoms with van der Waals surface area (Å²) in [5.41, 5.74) is 7.89. The van der Waals surface area contributed by atoms with E-state index < -0.39 is 0 Å². The van der Waals surface area contributed by atoms with E-state index in [9.17, 15) is 0 Å². The van der Waals surface area contributed by atoms with Gasteiger partial charge in [-0.2, -0.15) is 24.3 Å². The third-order valence-electron chi connectivity index (χ3n) is 4.54. The zero-order valence-electron chi connectivity index (χ0n) is 13.4. The molecule has 0 saturated carbocycles. The maximum absolute atomic E-state index is 3.41. The van der Waals surface area contributed by atoms with Crippen LogP contribution < -0.4 is 24.8 Å². The molecule has 1 aliphatic carbocycles. The van der Waals surface area contributed by atoms with Crippen LogP contribution in [0.4, 0.5) is 0 Å². The molecule has 3 aromatic carbocycles. The first-order valence-electron chi connectivity index (χ1n) is 7.61. The van der Waals surface area contributed by atoms with E-state index in [-0.39, 0.29) is 66.1 Å². The normalized spacial score (nSPS) is 10.9. The summed E-state index contributed by atoms with van der Waals surface area (Å²) in [6.45, 7) is 0. The van der Waals surface area contributed by atoms with Crippen LogP contribution in [0.5, 0.6) is 0 Å². The zero-order chi connectivity index (χ0) is 14.5. The van der Waals surface area contributed by atoms with Gasteiger partial charge < -0.3 is 29.4 Å². The molecule has 0 atom stereocenters. The van der Waals surface area contributed by atoms with Crippen molar-refractivity contribution >= 4 is 10.9 Å². The summed E-state index contributed by atoms with van der Waals surface area (Å²) in [6.07, 6.45) is 0.978. The first-order chi connectivity index (χ1) is 10.9. The molecule has 0 saturated heterocycles. The predicted molar refractivity (Wildman–Crippen MR) is 90.4 cm³/mol. The number of hydrogen-bond donors (Lipinski definition) is 0. The molecule has 1 aromatic heterocycles. The van der Waals surface area contributed by atoms with Crippen molar-refractivity contribution in [2.45, 2.75) is 6.42 Å². The standard InChI is InChI=1S/C21H14N.2ClH.Pr/c1-2-9-16(10-3-1)22-20-13-7-6-12-18(20)19-14-15-8-4-5-11-17(15)21(19)22;;;/h1-7,9-13H,14H2;2*1H;/q-1;;;+3/p-2. The van der Waals surface area contributed by atoms with Gasteiger partial charge in [-0.3, -0.25) is 0 Å². The molecule has 120 valence electrons. The number of nitrogens with zero attached hydrogens (tertiary/aromatic N) is 1. The summed E-state index contributed by atoms with van der Waals surface area (Å²) in [4.78, 5) is 0. The molecule has 0 radical (unpaired) electrons. The monoisotopic (exact) mass is 491 g/mol. The molecule has 0 spiro atoms. The Morgan fingerprint density at radius 2 is 1.52 bits per heavy atom. The van der Waals surface area contributed by atoms with Crippen LogP contribution in [0.2, 0.25) is 0 Å². The van der Waals surface area contributed by atoms with Gasteiger partial charge in [-0.1, -0.05) is 36.4 Å². The summed E-state index contributed by atoms with van der Waals surface area (Å²) in [7, 11) is 0. The molecule has 0 N–H and O–H groups in total. The molecule has 0 bridgehead atoms. The molecule has 25 heavy (non-hydrogen) atoms. The number of benzene rings is 3. The molecule has 4 heteroatoms. The van der Waals surface area contributed by atoms with Crippen LogP contribution in [0.25, 0.3) is 27.8 Å². The minimum absolute atomic E-state index is 0. The van der Waals surface area contributed by atoms with E-state index in [2.05, 4.69) is 77.4 Å². The first kappa shape index (κ1) is 20.5. The Labute approximate surface area is 193 Å². The van der Waals surface area contributed by atoms with E-state index in [1.54, 1.807) is 0 Å². The first-order valence-corrected chi connectivity index (χ1v) is 7.61. The van der Waals surface area contributed by atoms with Gasteiger partial charge in [0.2, 0.25) is 0 Å². The van der Waals surface area contributed by atoms with Crippen molar-refractivity contribution in [2.24, 2.45) is 0 Å². The second-order valence-corrected chi connectivity index (χ2v) is 5.75. The van der Waals surface area contributed by atoms with E-state index in [0.717, 1.165) is 6.42 Å². The molecule has 0 aliphatic heterocycles. The van der Waals surface area contributed by atoms with Crippen LogP contribution in [0.3, 0.4) is 0 Å². The maximum Gasteiger partial charge on any atom is 3.00 e. The van der Waals surface area contributed by atoms with Crippen molar-refractivity contribution in [1.29, 1.82) is 0 Å². The topological polar surface area (TPSA) is 4.93 Å². The van der Waals surface area contributed by atoms with Gasteiger partial charge in [-0.25, -0.2) is 0 Å². The van der Waals surface area contributed by atoms with Crippen LogP contribution in [-0.2, 0) is 6.42 Å². The maximum atomic E-state index is 3.41. The molecule has 1 aliphatic rings. The number of aromatic nitrogens is 1. The van der Waals surface area contributed by atoms with Gasteiger partial charge in [-0.15, -0.1) is 11.1 Å². The predicted octanol–water partition coefficient (Wildman–Crippen LogP) is -0.990. The second-order valence-electron chi connectivity index (χ2n) is 5.75. The van der Waals surface area contributed by atoms with Crippen molar-refractivity contribution in [2.75, 3.05) is 0 Å². The van der Waals surface area contributed by atoms with Crippen LogP contribution in [0.15, 0.2) is 72.8 Å². The van der Waals surface area contributed by atoms with Gasteiger partial charge in [0.25, 0.3) is 0 Å². The van der Waals surface area contributed by atoms with E-state index in [0.29, 0.717) is 0 Å². The van der Waals surface area contributed by atoms with E-state index in [1.807, 2.05) is 6.07 Å². The van der Waals surface area contributed by atoms with Crippen LogP contribution in [0, 0.1) is 47.4 Å². The minimum atomic E-state index is 0. The minimum Gasteiger partial charge on any atom is -1.00 e. The number of rotatable bonds is 1. The molecule has 1 heterocycles. The third kappa shape index (κ3) is 3.17. The van der Waals surface area contributed by atoms with Crippen LogP contribution in [-0.4, -0.2) is 4.57 Å². The molecular weight excluding hydrogens is 478 g/mol. The fourth-order valence-electron chi connectivity index (χ4n) is 3.63. The molecule has 0 amide bonds. The van der Waals surface area contributed by atoms with Crippen molar-refractivity contribution in [1.82, 2.24) is 4.57 Å². The van der Waals surface area contributed by atoms with Gasteiger partial charge in [0.05, 0.1) is 5.52 Å². The Morgan fingerprint density at radius 3 is 2.32 bits per heavy atom. The SMILES string of the molecule is [Cl-].[Cl-].[Pr+3].[c-]1cccc2c1Cc1c-2n(-c2ccccc2)c2ccccc12. The number of halogens is 2. The molecule has 5 rings (SSSR count). The number of para-hydroxylation sites is 2. The fourth-order valence-corrected chi connectivity index (χ4v) is 3.63. The molecule has 0 fully saturated rings. The van der Waals surface area contributed by atoms with Crippen molar-refractivity contribution < 1.29 is 66.1 Å². The van der Waals surface area contributed by atoms with E-state index in [1.165, 1.54) is 39.0 Å². The van der Waals surface area contributed by atoms with Crippen LogP contribution in [0.1, 0.15) is 11.1 Å².